The zero-order valence-electron chi connectivity index (χ0n) is 8.21. The maximum absolute atomic E-state index is 11.5. The van der Waals surface area contributed by atoms with E-state index in [0.29, 0.717) is 12.2 Å². The lowest BCUT2D eigenvalue weighted by Gasteiger charge is -2.13. The van der Waals surface area contributed by atoms with Gasteiger partial charge in [-0.25, -0.2) is 4.98 Å². The molecule has 1 amide bonds. The summed E-state index contributed by atoms with van der Waals surface area (Å²) < 4.78 is 2.03. The largest absolute Gasteiger partial charge is 0.351 e. The quantitative estimate of drug-likeness (QED) is 0.681. The van der Waals surface area contributed by atoms with E-state index in [9.17, 15) is 4.79 Å². The van der Waals surface area contributed by atoms with Gasteiger partial charge in [-0.1, -0.05) is 0 Å². The van der Waals surface area contributed by atoms with E-state index < -0.39 is 0 Å². The number of hydrogen-bond donors (Lipinski definition) is 2. The minimum absolute atomic E-state index is 0.0885. The summed E-state index contributed by atoms with van der Waals surface area (Å²) in [6.07, 6.45) is 1.82. The summed E-state index contributed by atoms with van der Waals surface area (Å²) in [4.78, 5) is 15.7. The molecule has 0 atom stereocenters. The van der Waals surface area contributed by atoms with Crippen LogP contribution in [0.1, 0.15) is 23.2 Å². The Bertz CT molecular complexity index is 321. The molecule has 76 valence electrons. The Morgan fingerprint density at radius 2 is 2.64 bits per heavy atom. The summed E-state index contributed by atoms with van der Waals surface area (Å²) in [6, 6.07) is 0. The first kappa shape index (κ1) is 9.21. The molecule has 5 nitrogen and oxygen atoms in total. The Balaban J connectivity index is 2.19. The summed E-state index contributed by atoms with van der Waals surface area (Å²) >= 11 is 0. The van der Waals surface area contributed by atoms with E-state index in [1.54, 1.807) is 0 Å². The summed E-state index contributed by atoms with van der Waals surface area (Å²) in [5.74, 6) is 0.854. The normalized spacial score (nSPS) is 14.9. The van der Waals surface area contributed by atoms with Crippen LogP contribution in [0.5, 0.6) is 0 Å². The highest BCUT2D eigenvalue weighted by Gasteiger charge is 2.15. The molecule has 1 aromatic heterocycles. The van der Waals surface area contributed by atoms with Gasteiger partial charge >= 0.3 is 0 Å². The lowest BCUT2D eigenvalue weighted by Crippen LogP contribution is -2.27. The van der Waals surface area contributed by atoms with Crippen LogP contribution in [0.3, 0.4) is 0 Å². The predicted octanol–water partition coefficient (Wildman–Crippen LogP) is -0.264. The highest BCUT2D eigenvalue weighted by atomic mass is 16.1. The Morgan fingerprint density at radius 1 is 1.79 bits per heavy atom. The fourth-order valence-electron chi connectivity index (χ4n) is 1.55. The molecular formula is C9H14N4O. The SMILES string of the molecule is CCNC(=O)c1cn2c(n1)CNCC2. The maximum atomic E-state index is 11.5. The Morgan fingerprint density at radius 3 is 3.36 bits per heavy atom. The highest BCUT2D eigenvalue weighted by Crippen LogP contribution is 2.06. The van der Waals surface area contributed by atoms with Gasteiger partial charge < -0.3 is 15.2 Å². The van der Waals surface area contributed by atoms with E-state index in [1.165, 1.54) is 0 Å². The summed E-state index contributed by atoms with van der Waals surface area (Å²) in [5.41, 5.74) is 0.519. The lowest BCUT2D eigenvalue weighted by atomic mass is 10.4. The topological polar surface area (TPSA) is 59.0 Å². The van der Waals surface area contributed by atoms with E-state index >= 15 is 0 Å². The van der Waals surface area contributed by atoms with Crippen molar-refractivity contribution >= 4 is 5.91 Å². The Labute approximate surface area is 82.5 Å². The fraction of sp³-hybridized carbons (Fsp3) is 0.556. The van der Waals surface area contributed by atoms with Crippen molar-refractivity contribution in [2.75, 3.05) is 13.1 Å². The van der Waals surface area contributed by atoms with Gasteiger partial charge in [0.1, 0.15) is 11.5 Å². The van der Waals surface area contributed by atoms with Gasteiger partial charge in [0.2, 0.25) is 0 Å². The molecule has 14 heavy (non-hydrogen) atoms. The van der Waals surface area contributed by atoms with Crippen LogP contribution in [-0.2, 0) is 13.1 Å². The van der Waals surface area contributed by atoms with E-state index in [0.717, 1.165) is 25.5 Å². The van der Waals surface area contributed by atoms with Crippen molar-refractivity contribution < 1.29 is 4.79 Å². The van der Waals surface area contributed by atoms with Crippen molar-refractivity contribution in [1.29, 1.82) is 0 Å². The monoisotopic (exact) mass is 194 g/mol. The minimum atomic E-state index is -0.0885. The molecule has 0 spiro atoms. The number of nitrogens with zero attached hydrogens (tertiary/aromatic N) is 2. The van der Waals surface area contributed by atoms with Gasteiger partial charge in [0.15, 0.2) is 0 Å². The van der Waals surface area contributed by atoms with Gasteiger partial charge in [0, 0.05) is 25.8 Å². The van der Waals surface area contributed by atoms with Crippen molar-refractivity contribution in [2.45, 2.75) is 20.0 Å². The van der Waals surface area contributed by atoms with Crippen LogP contribution >= 0.6 is 0 Å². The standard InChI is InChI=1S/C9H14N4O/c1-2-11-9(14)7-6-13-4-3-10-5-8(13)12-7/h6,10H,2-5H2,1H3,(H,11,14). The lowest BCUT2D eigenvalue weighted by molar-refractivity contribution is 0.0951. The van der Waals surface area contributed by atoms with Crippen LogP contribution in [-0.4, -0.2) is 28.5 Å². The summed E-state index contributed by atoms with van der Waals surface area (Å²) in [7, 11) is 0. The average molecular weight is 194 g/mol. The summed E-state index contributed by atoms with van der Waals surface area (Å²) in [5, 5.41) is 5.95. The zero-order valence-corrected chi connectivity index (χ0v) is 8.21. The van der Waals surface area contributed by atoms with E-state index in [1.807, 2.05) is 17.7 Å². The van der Waals surface area contributed by atoms with Crippen molar-refractivity contribution in [2.24, 2.45) is 0 Å². The molecule has 0 aliphatic carbocycles. The smallest absolute Gasteiger partial charge is 0.271 e. The molecular weight excluding hydrogens is 180 g/mol. The second-order valence-corrected chi connectivity index (χ2v) is 3.27. The molecule has 0 radical (unpaired) electrons. The maximum Gasteiger partial charge on any atom is 0.271 e. The third-order valence-corrected chi connectivity index (χ3v) is 2.24. The van der Waals surface area contributed by atoms with Crippen LogP contribution in [0.15, 0.2) is 6.20 Å². The average Bonchev–Trinajstić information content (AvgIpc) is 2.61. The van der Waals surface area contributed by atoms with Crippen molar-refractivity contribution in [1.82, 2.24) is 20.2 Å². The van der Waals surface area contributed by atoms with Crippen LogP contribution in [0.4, 0.5) is 0 Å². The second kappa shape index (κ2) is 3.79. The number of rotatable bonds is 2. The molecule has 0 unspecified atom stereocenters. The van der Waals surface area contributed by atoms with Crippen molar-refractivity contribution in [3.63, 3.8) is 0 Å². The molecule has 5 heteroatoms. The number of hydrogen-bond acceptors (Lipinski definition) is 3. The number of carbonyl (C=O) groups is 1. The first-order valence-electron chi connectivity index (χ1n) is 4.86. The van der Waals surface area contributed by atoms with Gasteiger partial charge in [0.05, 0.1) is 6.54 Å². The van der Waals surface area contributed by atoms with Crippen molar-refractivity contribution in [3.8, 4) is 0 Å². The fourth-order valence-corrected chi connectivity index (χ4v) is 1.55. The number of nitrogens with one attached hydrogen (secondary N) is 2. The molecule has 0 bridgehead atoms. The molecule has 2 heterocycles. The van der Waals surface area contributed by atoms with Crippen LogP contribution in [0, 0.1) is 0 Å². The van der Waals surface area contributed by atoms with Crippen LogP contribution in [0.2, 0.25) is 0 Å². The molecule has 0 saturated heterocycles. The second-order valence-electron chi connectivity index (χ2n) is 3.27. The number of aromatic nitrogens is 2. The molecule has 0 saturated carbocycles. The third kappa shape index (κ3) is 1.63. The molecule has 2 rings (SSSR count). The number of amides is 1. The zero-order chi connectivity index (χ0) is 9.97. The Kier molecular flexibility index (Phi) is 2.49. The Hall–Kier alpha value is -1.36. The first-order chi connectivity index (χ1) is 6.81. The third-order valence-electron chi connectivity index (χ3n) is 2.24. The van der Waals surface area contributed by atoms with Crippen molar-refractivity contribution in [3.05, 3.63) is 17.7 Å². The molecule has 1 aromatic rings. The van der Waals surface area contributed by atoms with Crippen LogP contribution < -0.4 is 10.6 Å². The molecule has 0 fully saturated rings. The molecule has 2 N–H and O–H groups in total. The minimum Gasteiger partial charge on any atom is -0.351 e. The molecule has 0 aromatic carbocycles. The van der Waals surface area contributed by atoms with Gasteiger partial charge in [-0.15, -0.1) is 0 Å². The first-order valence-corrected chi connectivity index (χ1v) is 4.86. The highest BCUT2D eigenvalue weighted by molar-refractivity contribution is 5.92. The van der Waals surface area contributed by atoms with E-state index in [4.69, 9.17) is 0 Å². The van der Waals surface area contributed by atoms with Gasteiger partial charge in [-0.2, -0.15) is 0 Å². The van der Waals surface area contributed by atoms with Gasteiger partial charge in [0.25, 0.3) is 5.91 Å². The van der Waals surface area contributed by atoms with E-state index in [-0.39, 0.29) is 5.91 Å². The predicted molar refractivity (Wildman–Crippen MR) is 51.9 cm³/mol. The van der Waals surface area contributed by atoms with Crippen LogP contribution in [0.25, 0.3) is 0 Å². The van der Waals surface area contributed by atoms with E-state index in [2.05, 4.69) is 15.6 Å². The van der Waals surface area contributed by atoms with Gasteiger partial charge in [-0.05, 0) is 6.92 Å². The number of imidazole rings is 1. The molecule has 1 aliphatic rings. The van der Waals surface area contributed by atoms with Gasteiger partial charge in [-0.3, -0.25) is 4.79 Å². The summed E-state index contributed by atoms with van der Waals surface area (Å²) in [6.45, 7) is 5.12. The number of carbonyl (C=O) groups excluding carboxylic acids is 1. The number of fused-ring (bicyclic) bond motifs is 1. The molecule has 1 aliphatic heterocycles.